The van der Waals surface area contributed by atoms with Gasteiger partial charge in [0.1, 0.15) is 0 Å². The molecule has 0 fully saturated rings. The molecule has 1 aromatic heterocycles. The van der Waals surface area contributed by atoms with Crippen molar-refractivity contribution in [2.45, 2.75) is 13.1 Å². The Morgan fingerprint density at radius 3 is 2.47 bits per heavy atom. The number of rotatable bonds is 4. The van der Waals surface area contributed by atoms with Crippen LogP contribution in [0, 0.1) is 0 Å². The maximum atomic E-state index is 12.6. The molecule has 1 aromatic rings. The number of hydrogen-bond donors (Lipinski definition) is 1. The van der Waals surface area contributed by atoms with Gasteiger partial charge in [-0.3, -0.25) is 0 Å². The Bertz CT molecular complexity index is 578. The van der Waals surface area contributed by atoms with Crippen LogP contribution in [0.5, 0.6) is 0 Å². The van der Waals surface area contributed by atoms with Crippen molar-refractivity contribution in [2.75, 3.05) is 17.6 Å². The Morgan fingerprint density at radius 2 is 2.05 bits per heavy atom. The number of carbonyl (C=O) groups excluding carboxylic acids is 1. The predicted molar refractivity (Wildman–Crippen MR) is 55.9 cm³/mol. The van der Waals surface area contributed by atoms with Crippen molar-refractivity contribution in [3.8, 4) is 0 Å². The highest BCUT2D eigenvalue weighted by molar-refractivity contribution is 7.91. The lowest BCUT2D eigenvalue weighted by molar-refractivity contribution is -0.141. The molecule has 0 aliphatic rings. The van der Waals surface area contributed by atoms with Gasteiger partial charge in [0.2, 0.25) is 15.8 Å². The number of hydrogen-bond acceptors (Lipinski definition) is 6. The second-order valence-electron chi connectivity index (χ2n) is 3.29. The van der Waals surface area contributed by atoms with Crippen molar-refractivity contribution in [2.24, 2.45) is 0 Å². The fraction of sp³-hybridized carbons (Fsp3) is 0.500. The van der Waals surface area contributed by atoms with Crippen LogP contribution in [0.4, 0.5) is 19.2 Å². The molecule has 0 saturated heterocycles. The maximum Gasteiger partial charge on any atom is 0.437 e. The maximum absolute atomic E-state index is 12.6. The highest BCUT2D eigenvalue weighted by atomic mass is 32.2. The van der Waals surface area contributed by atoms with Crippen LogP contribution in [-0.2, 0) is 20.9 Å². The molecule has 0 aliphatic carbocycles. The second-order valence-corrected chi connectivity index (χ2v) is 5.04. The zero-order valence-electron chi connectivity index (χ0n) is 9.74. The van der Waals surface area contributed by atoms with E-state index in [2.05, 4.69) is 14.1 Å². The molecule has 108 valence electrons. The molecular weight excluding hydrogens is 293 g/mol. The quantitative estimate of drug-likeness (QED) is 0.840. The van der Waals surface area contributed by atoms with E-state index in [1.807, 2.05) is 0 Å². The number of esters is 1. The predicted octanol–water partition coefficient (Wildman–Crippen LogP) is 1.24. The molecule has 0 unspecified atom stereocenters. The smallest absolute Gasteiger partial charge is 0.437 e. The van der Waals surface area contributed by atoms with Crippen LogP contribution in [0.3, 0.4) is 0 Å². The molecule has 11 heteroatoms. The van der Waals surface area contributed by atoms with Crippen LogP contribution >= 0.6 is 0 Å². The van der Waals surface area contributed by atoms with Gasteiger partial charge in [-0.2, -0.15) is 18.2 Å². The summed E-state index contributed by atoms with van der Waals surface area (Å²) in [5.74, 6) is -2.59. The number of anilines is 1. The summed E-state index contributed by atoms with van der Waals surface area (Å²) in [6, 6.07) is -0.960. The van der Waals surface area contributed by atoms with Crippen LogP contribution < -0.4 is 4.72 Å². The first-order chi connectivity index (χ1) is 8.54. The average Bonchev–Trinajstić information content (AvgIpc) is 2.58. The molecule has 0 saturated carbocycles. The molecule has 0 spiro atoms. The lowest BCUT2D eigenvalue weighted by atomic mass is 10.3. The monoisotopic (exact) mass is 302 g/mol. The van der Waals surface area contributed by atoms with Crippen molar-refractivity contribution >= 4 is 22.0 Å². The minimum Gasteiger partial charge on any atom is -0.460 e. The molecule has 0 aromatic carbocycles. The van der Waals surface area contributed by atoms with Gasteiger partial charge in [0.15, 0.2) is 5.69 Å². The average molecular weight is 302 g/mol. The summed E-state index contributed by atoms with van der Waals surface area (Å²) in [5, 5.41) is 0. The Hall–Kier alpha value is -1.78. The molecule has 0 aliphatic heterocycles. The highest BCUT2D eigenvalue weighted by Crippen LogP contribution is 2.33. The van der Waals surface area contributed by atoms with Crippen LogP contribution in [-0.4, -0.2) is 32.2 Å². The van der Waals surface area contributed by atoms with Crippen molar-refractivity contribution < 1.29 is 35.5 Å². The van der Waals surface area contributed by atoms with Gasteiger partial charge in [-0.1, -0.05) is 0 Å². The Balaban J connectivity index is 3.24. The summed E-state index contributed by atoms with van der Waals surface area (Å²) < 4.78 is 69.9. The first-order valence-corrected chi connectivity index (χ1v) is 6.66. The van der Waals surface area contributed by atoms with E-state index < -0.39 is 39.6 Å². The van der Waals surface area contributed by atoms with E-state index in [0.29, 0.717) is 6.26 Å². The number of carbonyl (C=O) groups is 1. The van der Waals surface area contributed by atoms with Crippen molar-refractivity contribution in [3.63, 3.8) is 0 Å². The number of halogens is 3. The standard InChI is InChI=1S/C8H9F3N2O5S/c1-3-17-6(14)4-5(8(9,10)11)12-7(18-4)13-19(2,15)16/h3H2,1-2H3,(H,12,13). The highest BCUT2D eigenvalue weighted by Gasteiger charge is 2.42. The molecule has 1 rings (SSSR count). The first-order valence-electron chi connectivity index (χ1n) is 4.77. The van der Waals surface area contributed by atoms with Crippen molar-refractivity contribution in [1.29, 1.82) is 0 Å². The van der Waals surface area contributed by atoms with E-state index in [9.17, 15) is 26.4 Å². The molecule has 19 heavy (non-hydrogen) atoms. The second kappa shape index (κ2) is 5.07. The van der Waals surface area contributed by atoms with E-state index in [1.165, 1.54) is 6.92 Å². The van der Waals surface area contributed by atoms with Gasteiger partial charge in [0.25, 0.3) is 0 Å². The Kier molecular flexibility index (Phi) is 4.08. The molecule has 1 heterocycles. The SMILES string of the molecule is CCOC(=O)c1oc(NS(C)(=O)=O)nc1C(F)(F)F. The van der Waals surface area contributed by atoms with Crippen LogP contribution in [0.25, 0.3) is 0 Å². The molecule has 0 amide bonds. The Labute approximate surface area is 105 Å². The zero-order chi connectivity index (χ0) is 14.8. The number of sulfonamides is 1. The number of alkyl halides is 3. The van der Waals surface area contributed by atoms with Crippen LogP contribution in [0.1, 0.15) is 23.2 Å². The molecule has 7 nitrogen and oxygen atoms in total. The number of oxazole rings is 1. The van der Waals surface area contributed by atoms with Gasteiger partial charge in [0, 0.05) is 0 Å². The van der Waals surface area contributed by atoms with Gasteiger partial charge >= 0.3 is 18.2 Å². The summed E-state index contributed by atoms with van der Waals surface area (Å²) in [6.07, 6.45) is -4.29. The fourth-order valence-corrected chi connectivity index (χ4v) is 1.45. The summed E-state index contributed by atoms with van der Waals surface area (Å²) in [4.78, 5) is 14.1. The molecular formula is C8H9F3N2O5S. The third-order valence-electron chi connectivity index (χ3n) is 1.63. The minimum absolute atomic E-state index is 0.175. The van der Waals surface area contributed by atoms with E-state index in [4.69, 9.17) is 0 Å². The van der Waals surface area contributed by atoms with Gasteiger partial charge in [-0.15, -0.1) is 0 Å². The number of aromatic nitrogens is 1. The van der Waals surface area contributed by atoms with Crippen LogP contribution in [0.2, 0.25) is 0 Å². The third kappa shape index (κ3) is 4.12. The van der Waals surface area contributed by atoms with E-state index in [0.717, 1.165) is 0 Å². The van der Waals surface area contributed by atoms with Crippen LogP contribution in [0.15, 0.2) is 4.42 Å². The topological polar surface area (TPSA) is 98.5 Å². The third-order valence-corrected chi connectivity index (χ3v) is 2.17. The van der Waals surface area contributed by atoms with E-state index in [-0.39, 0.29) is 6.61 Å². The minimum atomic E-state index is -4.98. The summed E-state index contributed by atoms with van der Waals surface area (Å²) >= 11 is 0. The largest absolute Gasteiger partial charge is 0.460 e. The van der Waals surface area contributed by atoms with E-state index in [1.54, 1.807) is 4.72 Å². The summed E-state index contributed by atoms with van der Waals surface area (Å²) in [6.45, 7) is 1.21. The normalized spacial score (nSPS) is 12.3. The summed E-state index contributed by atoms with van der Waals surface area (Å²) in [5.41, 5.74) is -1.66. The molecule has 0 bridgehead atoms. The van der Waals surface area contributed by atoms with Crippen molar-refractivity contribution in [1.82, 2.24) is 4.98 Å². The fourth-order valence-electron chi connectivity index (χ4n) is 1.05. The molecule has 0 radical (unpaired) electrons. The lowest BCUT2D eigenvalue weighted by Gasteiger charge is -2.03. The lowest BCUT2D eigenvalue weighted by Crippen LogP contribution is -2.14. The Morgan fingerprint density at radius 1 is 1.47 bits per heavy atom. The number of nitrogens with one attached hydrogen (secondary N) is 1. The van der Waals surface area contributed by atoms with Crippen molar-refractivity contribution in [3.05, 3.63) is 11.5 Å². The van der Waals surface area contributed by atoms with E-state index >= 15 is 0 Å². The zero-order valence-corrected chi connectivity index (χ0v) is 10.6. The molecule has 1 N–H and O–H groups in total. The van der Waals surface area contributed by atoms with Gasteiger partial charge in [-0.05, 0) is 6.92 Å². The first kappa shape index (κ1) is 15.3. The summed E-state index contributed by atoms with van der Waals surface area (Å²) in [7, 11) is -3.89. The number of nitrogens with zero attached hydrogens (tertiary/aromatic N) is 1. The molecule has 0 atom stereocenters. The number of ether oxygens (including phenoxy) is 1. The van der Waals surface area contributed by atoms with Gasteiger partial charge in [0.05, 0.1) is 12.9 Å². The van der Waals surface area contributed by atoms with Gasteiger partial charge in [-0.25, -0.2) is 17.9 Å². The van der Waals surface area contributed by atoms with Gasteiger partial charge < -0.3 is 9.15 Å².